The molecular weight excluding hydrogens is 190 g/mol. The molecule has 0 amide bonds. The zero-order chi connectivity index (χ0) is 8.97. The molecule has 1 heterocycles. The zero-order valence-corrected chi connectivity index (χ0v) is 9.02. The monoisotopic (exact) mass is 207 g/mol. The maximum absolute atomic E-state index is 11.2. The van der Waals surface area contributed by atoms with Gasteiger partial charge in [0.25, 0.3) is 0 Å². The van der Waals surface area contributed by atoms with Crippen LogP contribution in [-0.4, -0.2) is 25.2 Å². The molecule has 0 aromatic carbocycles. The quantitative estimate of drug-likeness (QED) is 0.695. The molecule has 0 radical (unpaired) electrons. The lowest BCUT2D eigenvalue weighted by Gasteiger charge is -2.23. The maximum atomic E-state index is 11.2. The highest BCUT2D eigenvalue weighted by Gasteiger charge is 2.18. The molecule has 0 bridgehead atoms. The molecule has 0 unspecified atom stereocenters. The molecule has 78 valence electrons. The molecule has 1 aliphatic rings. The molecule has 4 heteroatoms. The Morgan fingerprint density at radius 2 is 1.92 bits per heavy atom. The summed E-state index contributed by atoms with van der Waals surface area (Å²) >= 11 is 0. The fraction of sp³-hybridized carbons (Fsp3) is 0.889. The first-order valence-corrected chi connectivity index (χ1v) is 4.61. The van der Waals surface area contributed by atoms with Crippen LogP contribution in [0.1, 0.15) is 26.7 Å². The molecular formula is C9H18ClNO2. The predicted molar refractivity (Wildman–Crippen MR) is 54.1 cm³/mol. The van der Waals surface area contributed by atoms with Gasteiger partial charge >= 0.3 is 5.97 Å². The summed E-state index contributed by atoms with van der Waals surface area (Å²) in [5.74, 6) is -0.0678. The van der Waals surface area contributed by atoms with Gasteiger partial charge < -0.3 is 10.1 Å². The van der Waals surface area contributed by atoms with E-state index in [1.54, 1.807) is 0 Å². The van der Waals surface area contributed by atoms with Gasteiger partial charge in [-0.25, -0.2) is 0 Å². The molecule has 1 aliphatic heterocycles. The van der Waals surface area contributed by atoms with Gasteiger partial charge in [-0.05, 0) is 25.9 Å². The third kappa shape index (κ3) is 4.48. The molecule has 1 saturated heterocycles. The third-order valence-electron chi connectivity index (χ3n) is 2.04. The minimum Gasteiger partial charge on any atom is -0.462 e. The van der Waals surface area contributed by atoms with Crippen molar-refractivity contribution in [3.8, 4) is 0 Å². The van der Waals surface area contributed by atoms with Gasteiger partial charge in [-0.15, -0.1) is 12.4 Å². The third-order valence-corrected chi connectivity index (χ3v) is 2.04. The summed E-state index contributed by atoms with van der Waals surface area (Å²) in [6.07, 6.45) is 2.07. The van der Waals surface area contributed by atoms with E-state index < -0.39 is 0 Å². The van der Waals surface area contributed by atoms with Gasteiger partial charge in [0.05, 0.1) is 5.92 Å². The zero-order valence-electron chi connectivity index (χ0n) is 8.21. The van der Waals surface area contributed by atoms with Gasteiger partial charge in [0, 0.05) is 0 Å². The highest BCUT2D eigenvalue weighted by Crippen LogP contribution is 2.09. The number of nitrogens with one attached hydrogen (secondary N) is 1. The van der Waals surface area contributed by atoms with Crippen molar-refractivity contribution in [3.05, 3.63) is 0 Å². The van der Waals surface area contributed by atoms with Crippen LogP contribution in [0.15, 0.2) is 0 Å². The molecule has 13 heavy (non-hydrogen) atoms. The summed E-state index contributed by atoms with van der Waals surface area (Å²) in [7, 11) is 0. The van der Waals surface area contributed by atoms with Gasteiger partial charge in [0.15, 0.2) is 0 Å². The second-order valence-corrected chi connectivity index (χ2v) is 3.54. The second-order valence-electron chi connectivity index (χ2n) is 3.54. The first-order chi connectivity index (χ1) is 5.70. The first kappa shape index (κ1) is 12.7. The Morgan fingerprint density at radius 1 is 1.38 bits per heavy atom. The minimum atomic E-state index is -0.0677. The summed E-state index contributed by atoms with van der Waals surface area (Å²) in [5.41, 5.74) is 0. The standard InChI is InChI=1S/C9H17NO2.ClH/c1-7(2)9(11)12-8-3-5-10-6-4-8;/h7-8,10H,3-6H2,1-2H3;1H. The van der Waals surface area contributed by atoms with Crippen molar-refractivity contribution < 1.29 is 9.53 Å². The van der Waals surface area contributed by atoms with Crippen LogP contribution in [0, 0.1) is 5.92 Å². The summed E-state index contributed by atoms with van der Waals surface area (Å²) in [6, 6.07) is 0. The smallest absolute Gasteiger partial charge is 0.308 e. The van der Waals surface area contributed by atoms with E-state index in [0.717, 1.165) is 25.9 Å². The summed E-state index contributed by atoms with van der Waals surface area (Å²) < 4.78 is 5.27. The largest absolute Gasteiger partial charge is 0.462 e. The van der Waals surface area contributed by atoms with Crippen LogP contribution >= 0.6 is 12.4 Å². The van der Waals surface area contributed by atoms with Crippen molar-refractivity contribution in [1.82, 2.24) is 5.32 Å². The van der Waals surface area contributed by atoms with Gasteiger partial charge in [-0.3, -0.25) is 4.79 Å². The molecule has 0 spiro atoms. The Kier molecular flexibility index (Phi) is 6.08. The Hall–Kier alpha value is -0.280. The van der Waals surface area contributed by atoms with Crippen molar-refractivity contribution in [2.24, 2.45) is 5.92 Å². The van der Waals surface area contributed by atoms with Crippen LogP contribution in [0.3, 0.4) is 0 Å². The molecule has 1 rings (SSSR count). The summed E-state index contributed by atoms with van der Waals surface area (Å²) in [4.78, 5) is 11.2. The maximum Gasteiger partial charge on any atom is 0.308 e. The molecule has 0 aliphatic carbocycles. The van der Waals surface area contributed by atoms with Gasteiger partial charge in [0.2, 0.25) is 0 Å². The lowest BCUT2D eigenvalue weighted by Crippen LogP contribution is -2.34. The normalized spacial score (nSPS) is 18.1. The van der Waals surface area contributed by atoms with E-state index in [-0.39, 0.29) is 30.4 Å². The number of carbonyl (C=O) groups is 1. The SMILES string of the molecule is CC(C)C(=O)OC1CCNCC1.Cl. The van der Waals surface area contributed by atoms with Gasteiger partial charge in [0.1, 0.15) is 6.10 Å². The molecule has 0 atom stereocenters. The number of halogens is 1. The number of hydrogen-bond acceptors (Lipinski definition) is 3. The van der Waals surface area contributed by atoms with Gasteiger partial charge in [-0.1, -0.05) is 13.8 Å². The van der Waals surface area contributed by atoms with Crippen molar-refractivity contribution >= 4 is 18.4 Å². The van der Waals surface area contributed by atoms with Crippen LogP contribution in [0.25, 0.3) is 0 Å². The van der Waals surface area contributed by atoms with Crippen LogP contribution in [0.5, 0.6) is 0 Å². The average Bonchev–Trinajstić information content (AvgIpc) is 2.06. The Morgan fingerprint density at radius 3 is 2.38 bits per heavy atom. The Labute approximate surface area is 85.6 Å². The van der Waals surface area contributed by atoms with Crippen LogP contribution < -0.4 is 5.32 Å². The van der Waals surface area contributed by atoms with Crippen LogP contribution in [0.2, 0.25) is 0 Å². The minimum absolute atomic E-state index is 0. The first-order valence-electron chi connectivity index (χ1n) is 4.61. The van der Waals surface area contributed by atoms with E-state index >= 15 is 0 Å². The number of ether oxygens (including phenoxy) is 1. The summed E-state index contributed by atoms with van der Waals surface area (Å²) in [5, 5.41) is 3.23. The number of carbonyl (C=O) groups excluding carboxylic acids is 1. The molecule has 1 fully saturated rings. The Bertz CT molecular complexity index is 156. The van der Waals surface area contributed by atoms with Crippen LogP contribution in [-0.2, 0) is 9.53 Å². The van der Waals surface area contributed by atoms with Crippen molar-refractivity contribution in [1.29, 1.82) is 0 Å². The topological polar surface area (TPSA) is 38.3 Å². The summed E-state index contributed by atoms with van der Waals surface area (Å²) in [6.45, 7) is 5.67. The van der Waals surface area contributed by atoms with E-state index in [2.05, 4.69) is 5.32 Å². The fourth-order valence-electron chi connectivity index (χ4n) is 1.21. The lowest BCUT2D eigenvalue weighted by atomic mass is 10.1. The highest BCUT2D eigenvalue weighted by atomic mass is 35.5. The number of rotatable bonds is 2. The number of hydrogen-bond donors (Lipinski definition) is 1. The predicted octanol–water partition coefficient (Wildman–Crippen LogP) is 1.36. The van der Waals surface area contributed by atoms with Gasteiger partial charge in [-0.2, -0.15) is 0 Å². The van der Waals surface area contributed by atoms with Crippen molar-refractivity contribution in [2.45, 2.75) is 32.8 Å². The van der Waals surface area contributed by atoms with Crippen LogP contribution in [0.4, 0.5) is 0 Å². The lowest BCUT2D eigenvalue weighted by molar-refractivity contribution is -0.153. The number of piperidine rings is 1. The van der Waals surface area contributed by atoms with E-state index in [1.807, 2.05) is 13.8 Å². The number of esters is 1. The molecule has 1 N–H and O–H groups in total. The Balaban J connectivity index is 0.00000144. The second kappa shape index (κ2) is 6.22. The molecule has 0 aromatic rings. The van der Waals surface area contributed by atoms with E-state index in [9.17, 15) is 4.79 Å². The van der Waals surface area contributed by atoms with Crippen molar-refractivity contribution in [2.75, 3.05) is 13.1 Å². The molecule has 3 nitrogen and oxygen atoms in total. The van der Waals surface area contributed by atoms with E-state index in [0.29, 0.717) is 0 Å². The van der Waals surface area contributed by atoms with Crippen molar-refractivity contribution in [3.63, 3.8) is 0 Å². The fourth-order valence-corrected chi connectivity index (χ4v) is 1.21. The van der Waals surface area contributed by atoms with E-state index in [1.165, 1.54) is 0 Å². The molecule has 0 aromatic heterocycles. The molecule has 0 saturated carbocycles. The highest BCUT2D eigenvalue weighted by molar-refractivity contribution is 5.85. The van der Waals surface area contributed by atoms with E-state index in [4.69, 9.17) is 4.74 Å². The average molecular weight is 208 g/mol.